The van der Waals surface area contributed by atoms with Crippen molar-refractivity contribution >= 4 is 23.4 Å². The summed E-state index contributed by atoms with van der Waals surface area (Å²) in [4.78, 5) is 22.3. The van der Waals surface area contributed by atoms with Crippen LogP contribution in [0.3, 0.4) is 0 Å². The minimum atomic E-state index is -0.434. The lowest BCUT2D eigenvalue weighted by Crippen LogP contribution is -2.28. The van der Waals surface area contributed by atoms with E-state index in [0.717, 1.165) is 31.4 Å². The largest absolute Gasteiger partial charge is 0.365 e. The Hall–Kier alpha value is -2.70. The van der Waals surface area contributed by atoms with Crippen LogP contribution < -0.4 is 10.6 Å². The van der Waals surface area contributed by atoms with E-state index >= 15 is 0 Å². The Kier molecular flexibility index (Phi) is 3.77. The molecule has 7 heteroatoms. The van der Waals surface area contributed by atoms with Crippen LogP contribution in [0, 0.1) is 5.82 Å². The Balaban J connectivity index is 1.38. The molecule has 2 aromatic rings. The smallest absolute Gasteiger partial charge is 0.229 e. The van der Waals surface area contributed by atoms with E-state index in [1.54, 1.807) is 6.92 Å². The molecule has 27 heavy (non-hydrogen) atoms. The van der Waals surface area contributed by atoms with Crippen molar-refractivity contribution in [2.45, 2.75) is 57.2 Å². The zero-order valence-corrected chi connectivity index (χ0v) is 15.2. The second-order valence-corrected chi connectivity index (χ2v) is 7.67. The molecular formula is C20H22FN5O. The van der Waals surface area contributed by atoms with E-state index in [1.165, 1.54) is 23.7 Å². The number of hydrogen-bond acceptors (Lipinski definition) is 5. The number of benzene rings is 1. The number of amides is 1. The van der Waals surface area contributed by atoms with Gasteiger partial charge in [-0.15, -0.1) is 0 Å². The van der Waals surface area contributed by atoms with E-state index < -0.39 is 5.82 Å². The summed E-state index contributed by atoms with van der Waals surface area (Å²) in [5.74, 6) is 0.308. The van der Waals surface area contributed by atoms with Crippen molar-refractivity contribution in [3.8, 4) is 0 Å². The number of anilines is 3. The number of rotatable bonds is 4. The topological polar surface area (TPSA) is 70.2 Å². The fourth-order valence-electron chi connectivity index (χ4n) is 4.51. The van der Waals surface area contributed by atoms with Crippen molar-refractivity contribution in [1.82, 2.24) is 14.9 Å². The van der Waals surface area contributed by atoms with Gasteiger partial charge in [-0.05, 0) is 55.4 Å². The van der Waals surface area contributed by atoms with Crippen LogP contribution in [0.15, 0.2) is 24.4 Å². The molecule has 1 aliphatic carbocycles. The van der Waals surface area contributed by atoms with Crippen LogP contribution in [0.25, 0.3) is 0 Å². The molecule has 1 aromatic heterocycles. The molecular weight excluding hydrogens is 345 g/mol. The van der Waals surface area contributed by atoms with Crippen molar-refractivity contribution in [3.63, 3.8) is 0 Å². The van der Waals surface area contributed by atoms with Gasteiger partial charge < -0.3 is 15.5 Å². The van der Waals surface area contributed by atoms with Gasteiger partial charge in [0.15, 0.2) is 11.6 Å². The predicted octanol–water partition coefficient (Wildman–Crippen LogP) is 4.06. The van der Waals surface area contributed by atoms with Crippen LogP contribution in [0.2, 0.25) is 0 Å². The number of nitrogens with zero attached hydrogens (tertiary/aromatic N) is 3. The fraction of sp³-hybridized carbons (Fsp3) is 0.450. The first kappa shape index (κ1) is 16.5. The molecule has 1 aromatic carbocycles. The second-order valence-electron chi connectivity index (χ2n) is 7.67. The molecule has 2 fully saturated rings. The molecule has 2 aliphatic heterocycles. The molecule has 1 saturated carbocycles. The number of hydrogen-bond donors (Lipinski definition) is 2. The average molecular weight is 367 g/mol. The van der Waals surface area contributed by atoms with E-state index in [2.05, 4.69) is 32.7 Å². The highest BCUT2D eigenvalue weighted by molar-refractivity contribution is 5.77. The summed E-state index contributed by atoms with van der Waals surface area (Å²) in [7, 11) is 0. The van der Waals surface area contributed by atoms with Gasteiger partial charge in [0.05, 0.1) is 18.3 Å². The van der Waals surface area contributed by atoms with Crippen LogP contribution in [-0.2, 0) is 4.79 Å². The third-order valence-corrected chi connectivity index (χ3v) is 6.00. The highest BCUT2D eigenvalue weighted by atomic mass is 19.1. The maximum Gasteiger partial charge on any atom is 0.229 e. The van der Waals surface area contributed by atoms with Crippen LogP contribution in [-0.4, -0.2) is 26.8 Å². The molecule has 0 unspecified atom stereocenters. The average Bonchev–Trinajstić information content (AvgIpc) is 3.17. The number of carbonyl (C=O) groups is 1. The normalized spacial score (nSPS) is 23.1. The molecule has 5 rings (SSSR count). The Morgan fingerprint density at radius 1 is 1.19 bits per heavy atom. The molecule has 2 bridgehead atoms. The summed E-state index contributed by atoms with van der Waals surface area (Å²) in [6, 6.07) is 6.79. The van der Waals surface area contributed by atoms with E-state index in [9.17, 15) is 9.18 Å². The number of halogens is 1. The molecule has 2 N–H and O–H groups in total. The Morgan fingerprint density at radius 2 is 1.96 bits per heavy atom. The third kappa shape index (κ3) is 2.72. The van der Waals surface area contributed by atoms with Crippen LogP contribution >= 0.6 is 0 Å². The maximum absolute atomic E-state index is 14.0. The van der Waals surface area contributed by atoms with E-state index in [1.807, 2.05) is 11.0 Å². The quantitative estimate of drug-likeness (QED) is 0.853. The summed E-state index contributed by atoms with van der Waals surface area (Å²) in [6.07, 6.45) is 6.50. The van der Waals surface area contributed by atoms with Gasteiger partial charge in [0, 0.05) is 18.7 Å². The number of carbonyl (C=O) groups excluding carboxylic acids is 1. The molecule has 140 valence electrons. The molecule has 0 radical (unpaired) electrons. The van der Waals surface area contributed by atoms with Gasteiger partial charge in [-0.1, -0.05) is 6.07 Å². The van der Waals surface area contributed by atoms with Crippen molar-refractivity contribution in [3.05, 3.63) is 41.3 Å². The molecule has 2 atom stereocenters. The molecule has 3 heterocycles. The monoisotopic (exact) mass is 367 g/mol. The Bertz CT molecular complexity index is 913. The summed E-state index contributed by atoms with van der Waals surface area (Å²) in [5, 5.41) is 6.33. The fourth-order valence-corrected chi connectivity index (χ4v) is 4.51. The first-order valence-corrected chi connectivity index (χ1v) is 9.59. The maximum atomic E-state index is 14.0. The van der Waals surface area contributed by atoms with Gasteiger partial charge in [0.25, 0.3) is 0 Å². The summed E-state index contributed by atoms with van der Waals surface area (Å²) in [6.45, 7) is 1.64. The highest BCUT2D eigenvalue weighted by Gasteiger charge is 2.45. The lowest BCUT2D eigenvalue weighted by Gasteiger charge is -2.27. The van der Waals surface area contributed by atoms with Crippen molar-refractivity contribution in [2.75, 3.05) is 10.6 Å². The van der Waals surface area contributed by atoms with E-state index in [4.69, 9.17) is 0 Å². The van der Waals surface area contributed by atoms with Gasteiger partial charge in [0.1, 0.15) is 0 Å². The summed E-state index contributed by atoms with van der Waals surface area (Å²) in [5.41, 5.74) is 3.28. The zero-order valence-electron chi connectivity index (χ0n) is 15.2. The van der Waals surface area contributed by atoms with Crippen molar-refractivity contribution < 1.29 is 9.18 Å². The third-order valence-electron chi connectivity index (χ3n) is 6.00. The van der Waals surface area contributed by atoms with Gasteiger partial charge >= 0.3 is 0 Å². The first-order valence-electron chi connectivity index (χ1n) is 9.59. The van der Waals surface area contributed by atoms with Gasteiger partial charge in [-0.25, -0.2) is 9.37 Å². The van der Waals surface area contributed by atoms with Crippen LogP contribution in [0.5, 0.6) is 0 Å². The van der Waals surface area contributed by atoms with Crippen molar-refractivity contribution in [2.24, 2.45) is 0 Å². The van der Waals surface area contributed by atoms with Gasteiger partial charge in [-0.2, -0.15) is 4.98 Å². The number of aromatic nitrogens is 2. The minimum absolute atomic E-state index is 0.127. The Morgan fingerprint density at radius 3 is 2.67 bits per heavy atom. The first-order chi connectivity index (χ1) is 13.1. The van der Waals surface area contributed by atoms with Crippen LogP contribution in [0.1, 0.15) is 62.2 Å². The second kappa shape index (κ2) is 6.18. The Labute approximate surface area is 157 Å². The van der Waals surface area contributed by atoms with Crippen LogP contribution in [0.4, 0.5) is 21.8 Å². The predicted molar refractivity (Wildman–Crippen MR) is 100 cm³/mol. The van der Waals surface area contributed by atoms with E-state index in [-0.39, 0.29) is 23.8 Å². The molecule has 0 spiro atoms. The molecule has 3 aliphatic rings. The number of fused-ring (bicyclic) bond motifs is 5. The summed E-state index contributed by atoms with van der Waals surface area (Å²) < 4.78 is 14.0. The summed E-state index contributed by atoms with van der Waals surface area (Å²) >= 11 is 0. The zero-order chi connectivity index (χ0) is 18.5. The molecule has 1 saturated heterocycles. The van der Waals surface area contributed by atoms with Crippen molar-refractivity contribution in [1.29, 1.82) is 0 Å². The van der Waals surface area contributed by atoms with Gasteiger partial charge in [-0.3, -0.25) is 4.79 Å². The molecule has 1 amide bonds. The minimum Gasteiger partial charge on any atom is -0.365 e. The molecule has 6 nitrogen and oxygen atoms in total. The lowest BCUT2D eigenvalue weighted by molar-refractivity contribution is -0.131. The SMILES string of the molecule is CC(=O)N1[C@@H]2CC[C@H]1c1ccc(Nc3ncc(F)c(NC4CCC4)n3)cc12. The highest BCUT2D eigenvalue weighted by Crippen LogP contribution is 2.53. The lowest BCUT2D eigenvalue weighted by atomic mass is 9.91. The number of nitrogens with one attached hydrogen (secondary N) is 2. The van der Waals surface area contributed by atoms with E-state index in [0.29, 0.717) is 12.0 Å². The van der Waals surface area contributed by atoms with Gasteiger partial charge in [0.2, 0.25) is 11.9 Å². The standard InChI is InChI=1S/C20H22FN5O/c1-11(27)26-17-7-8-18(26)15-9-13(5-6-14(15)17)24-20-22-10-16(21)19(25-20)23-12-3-2-4-12/h5-6,9-10,12,17-18H,2-4,7-8H2,1H3,(H2,22,23,24,25)/t17-,18+/m0/s1.